The lowest BCUT2D eigenvalue weighted by Crippen LogP contribution is -2.43. The molecule has 0 saturated heterocycles. The minimum Gasteiger partial charge on any atom is -0.449 e. The molecule has 2 atom stereocenters. The van der Waals surface area contributed by atoms with E-state index in [2.05, 4.69) is 55.7 Å². The molecule has 5 aromatic carbocycles. The molecule has 1 aliphatic carbocycles. The number of hydrogen-bond acceptors (Lipinski definition) is 10. The van der Waals surface area contributed by atoms with E-state index in [4.69, 9.17) is 30.5 Å². The molecule has 10 nitrogen and oxygen atoms in total. The van der Waals surface area contributed by atoms with Gasteiger partial charge in [-0.15, -0.1) is 0 Å². The molecule has 0 saturated carbocycles. The number of carbonyl (C=O) groups is 4. The van der Waals surface area contributed by atoms with Crippen molar-refractivity contribution >= 4 is 56.9 Å². The maximum atomic E-state index is 13.5. The van der Waals surface area contributed by atoms with Gasteiger partial charge in [-0.2, -0.15) is 0 Å². The number of amides is 2. The van der Waals surface area contributed by atoms with E-state index < -0.39 is 23.7 Å². The first kappa shape index (κ1) is 50.3. The van der Waals surface area contributed by atoms with E-state index >= 15 is 0 Å². The summed E-state index contributed by atoms with van der Waals surface area (Å²) in [7, 11) is 3.19. The van der Waals surface area contributed by atoms with Crippen molar-refractivity contribution in [2.45, 2.75) is 75.7 Å². The van der Waals surface area contributed by atoms with Gasteiger partial charge in [0.05, 0.1) is 26.2 Å². The Labute approximate surface area is 401 Å². The summed E-state index contributed by atoms with van der Waals surface area (Å²) in [5.41, 5.74) is 6.45. The third kappa shape index (κ3) is 14.0. The molecule has 0 radical (unpaired) electrons. The largest absolute Gasteiger partial charge is 0.449 e. The van der Waals surface area contributed by atoms with Gasteiger partial charge in [0.1, 0.15) is 12.6 Å². The van der Waals surface area contributed by atoms with E-state index in [0.717, 1.165) is 38.9 Å². The van der Waals surface area contributed by atoms with Gasteiger partial charge in [0.2, 0.25) is 5.91 Å². The molecule has 5 aromatic rings. The maximum Gasteiger partial charge on any atom is 0.407 e. The molecule has 2 amide bonds. The fourth-order valence-corrected chi connectivity index (χ4v) is 10.5. The summed E-state index contributed by atoms with van der Waals surface area (Å²) >= 11 is 6.78. The number of benzene rings is 5. The van der Waals surface area contributed by atoms with Crippen LogP contribution in [0, 0.1) is 6.92 Å². The minimum atomic E-state index is -1.30. The van der Waals surface area contributed by atoms with Crippen LogP contribution in [-0.2, 0) is 38.9 Å². The van der Waals surface area contributed by atoms with Crippen molar-refractivity contribution in [3.63, 3.8) is 0 Å². The van der Waals surface area contributed by atoms with Crippen LogP contribution in [0.25, 0.3) is 11.1 Å². The summed E-state index contributed by atoms with van der Waals surface area (Å²) in [4.78, 5) is 52.6. The van der Waals surface area contributed by atoms with Crippen LogP contribution in [0.4, 0.5) is 4.79 Å². The Morgan fingerprint density at radius 2 is 1.30 bits per heavy atom. The van der Waals surface area contributed by atoms with Gasteiger partial charge in [0, 0.05) is 64.1 Å². The van der Waals surface area contributed by atoms with Gasteiger partial charge in [-0.3, -0.25) is 14.4 Å². The van der Waals surface area contributed by atoms with Gasteiger partial charge in [0.25, 0.3) is 0 Å². The zero-order valence-corrected chi connectivity index (χ0v) is 40.4. The topological polar surface area (TPSA) is 129 Å². The minimum absolute atomic E-state index is 0.0177. The summed E-state index contributed by atoms with van der Waals surface area (Å²) in [5.74, 6) is -0.476. The van der Waals surface area contributed by atoms with E-state index in [9.17, 15) is 19.2 Å². The molecule has 2 N–H and O–H groups in total. The van der Waals surface area contributed by atoms with Crippen LogP contribution in [0.3, 0.4) is 0 Å². The number of alkyl carbamates (subject to hydrolysis) is 1. The average molecular weight is 952 g/mol. The van der Waals surface area contributed by atoms with Crippen LogP contribution in [-0.4, -0.2) is 79.9 Å². The number of fused-ring (bicyclic) bond motifs is 3. The maximum absolute atomic E-state index is 13.5. The molecular formula is C53H59ClN2O8S2. The number of esters is 1. The summed E-state index contributed by atoms with van der Waals surface area (Å²) in [5, 5.41) is 6.11. The molecule has 348 valence electrons. The highest BCUT2D eigenvalue weighted by Crippen LogP contribution is 2.45. The molecule has 6 rings (SSSR count). The van der Waals surface area contributed by atoms with Crippen LogP contribution in [0.15, 0.2) is 127 Å². The number of halogens is 1. The number of nitrogens with one attached hydrogen (secondary N) is 2. The third-order valence-electron chi connectivity index (χ3n) is 10.9. The summed E-state index contributed by atoms with van der Waals surface area (Å²) in [6, 6.07) is 40.3. The van der Waals surface area contributed by atoms with Crippen LogP contribution in [0.5, 0.6) is 0 Å². The van der Waals surface area contributed by atoms with Crippen LogP contribution >= 0.6 is 33.2 Å². The van der Waals surface area contributed by atoms with Crippen molar-refractivity contribution in [1.29, 1.82) is 0 Å². The highest BCUT2D eigenvalue weighted by molar-refractivity contribution is 8.77. The molecule has 0 aromatic heterocycles. The second-order valence-corrected chi connectivity index (χ2v) is 20.6. The van der Waals surface area contributed by atoms with Crippen LogP contribution < -0.4 is 10.6 Å². The number of rotatable bonds is 24. The second-order valence-electron chi connectivity index (χ2n) is 17.0. The fourth-order valence-electron chi connectivity index (χ4n) is 7.75. The average Bonchev–Trinajstić information content (AvgIpc) is 3.63. The van der Waals surface area contributed by atoms with Gasteiger partial charge >= 0.3 is 12.1 Å². The van der Waals surface area contributed by atoms with Crippen molar-refractivity contribution in [3.05, 3.63) is 166 Å². The first-order valence-electron chi connectivity index (χ1n) is 22.3. The Bertz CT molecular complexity index is 2350. The van der Waals surface area contributed by atoms with Crippen molar-refractivity contribution in [2.24, 2.45) is 0 Å². The first-order valence-corrected chi connectivity index (χ1v) is 25.0. The summed E-state index contributed by atoms with van der Waals surface area (Å²) < 4.78 is 23.5. The number of ether oxygens (including phenoxy) is 4. The lowest BCUT2D eigenvalue weighted by molar-refractivity contribution is -0.154. The lowest BCUT2D eigenvalue weighted by atomic mass is 9.79. The van der Waals surface area contributed by atoms with Crippen molar-refractivity contribution in [1.82, 2.24) is 10.6 Å². The molecule has 0 bridgehead atoms. The van der Waals surface area contributed by atoms with E-state index in [1.807, 2.05) is 104 Å². The molecule has 66 heavy (non-hydrogen) atoms. The monoisotopic (exact) mass is 950 g/mol. The van der Waals surface area contributed by atoms with Crippen LogP contribution in [0.2, 0.25) is 5.02 Å². The second kappa shape index (κ2) is 24.6. The number of carbonyl (C=O) groups excluding carboxylic acids is 4. The first-order chi connectivity index (χ1) is 31.9. The Hall–Kier alpha value is -5.11. The Balaban J connectivity index is 0.887. The van der Waals surface area contributed by atoms with Gasteiger partial charge in [-0.1, -0.05) is 181 Å². The molecule has 1 unspecified atom stereocenters. The lowest BCUT2D eigenvalue weighted by Gasteiger charge is -2.36. The van der Waals surface area contributed by atoms with Crippen LogP contribution in [0.1, 0.15) is 85.8 Å². The highest BCUT2D eigenvalue weighted by atomic mass is 35.5. The molecule has 0 fully saturated rings. The zero-order chi connectivity index (χ0) is 46.9. The molecule has 0 spiro atoms. The van der Waals surface area contributed by atoms with Gasteiger partial charge in [-0.25, -0.2) is 4.79 Å². The van der Waals surface area contributed by atoms with Gasteiger partial charge in [0.15, 0.2) is 11.4 Å². The van der Waals surface area contributed by atoms with Crippen molar-refractivity contribution in [3.8, 4) is 11.1 Å². The van der Waals surface area contributed by atoms with Crippen molar-refractivity contribution < 1.29 is 38.1 Å². The summed E-state index contributed by atoms with van der Waals surface area (Å²) in [6.07, 6.45) is 0.129. The smallest absolute Gasteiger partial charge is 0.407 e. The van der Waals surface area contributed by atoms with E-state index in [1.165, 1.54) is 0 Å². The predicted molar refractivity (Wildman–Crippen MR) is 265 cm³/mol. The van der Waals surface area contributed by atoms with E-state index in [-0.39, 0.29) is 81.2 Å². The predicted octanol–water partition coefficient (Wildman–Crippen LogP) is 10.8. The molecule has 0 heterocycles. The Kier molecular flexibility index (Phi) is 18.7. The van der Waals surface area contributed by atoms with Gasteiger partial charge in [-0.05, 0) is 41.7 Å². The number of aryl methyl sites for hydroxylation is 1. The molecule has 0 aliphatic heterocycles. The third-order valence-corrected chi connectivity index (χ3v) is 14.6. The number of Topliss-reactive ketones (excluding diaryl/α,β-unsaturated/α-hetero) is 1. The Morgan fingerprint density at radius 3 is 1.98 bits per heavy atom. The van der Waals surface area contributed by atoms with E-state index in [0.29, 0.717) is 22.8 Å². The molecule has 1 aliphatic rings. The van der Waals surface area contributed by atoms with Gasteiger partial charge < -0.3 is 29.6 Å². The molecular weight excluding hydrogens is 892 g/mol. The fraction of sp³-hybridized carbons (Fsp3) is 0.358. The van der Waals surface area contributed by atoms with Crippen molar-refractivity contribution in [2.75, 3.05) is 45.3 Å². The number of ketones is 1. The number of hydrogen-bond donors (Lipinski definition) is 2. The highest BCUT2D eigenvalue weighted by Gasteiger charge is 2.42. The quantitative estimate of drug-likeness (QED) is 0.0267. The Morgan fingerprint density at radius 1 is 0.697 bits per heavy atom. The zero-order valence-electron chi connectivity index (χ0n) is 38.0. The SMILES string of the molecule is Cc1ccc(C(OC(=O)CCOCCNC(=O)CCOCCCC(=O)[C@H](CSSC(C)(C)C)NC(=O)OCC2c3ccccc3-c3ccccc32)(c2ccccc2)c2ccccc2Cl)cc1. The standard InChI is InChI=1S/C53H59ClN2O8S2/c1-37-24-26-39(27-25-37)53(38-15-6-5-7-16-38,45-21-12-13-22-46(45)54)64-50(59)29-33-62-34-30-55-49(58)28-32-61-31-14-23-48(57)47(36-65-66-52(2,3)4)56-51(60)63-35-44-42-19-10-8-17-40(42)41-18-9-11-20-43(41)44/h5-13,15-22,24-27,44,47H,14,23,28-36H2,1-4H3,(H,55,58)(H,56,60)/t47-,53?/m0/s1. The normalized spacial score (nSPS) is 13.5. The van der Waals surface area contributed by atoms with E-state index in [1.54, 1.807) is 27.7 Å². The molecule has 13 heteroatoms. The summed E-state index contributed by atoms with van der Waals surface area (Å²) in [6.45, 7) is 9.46.